The molecule has 0 heterocycles. The van der Waals surface area contributed by atoms with Gasteiger partial charge in [-0.1, -0.05) is 106 Å². The van der Waals surface area contributed by atoms with E-state index in [0.29, 0.717) is 35.5 Å². The second-order valence-corrected chi connectivity index (χ2v) is 14.4. The van der Waals surface area contributed by atoms with Crippen molar-refractivity contribution < 1.29 is 4.39 Å². The van der Waals surface area contributed by atoms with Gasteiger partial charge in [-0.05, 0) is 129 Å². The predicted octanol–water partition coefficient (Wildman–Crippen LogP) is 12.6. The average Bonchev–Trinajstić information content (AvgIpc) is 3.16. The van der Waals surface area contributed by atoms with Gasteiger partial charge in [-0.2, -0.15) is 0 Å². The van der Waals surface area contributed by atoms with Crippen LogP contribution in [0.5, 0.6) is 0 Å². The van der Waals surface area contributed by atoms with Crippen LogP contribution in [0.15, 0.2) is 106 Å². The van der Waals surface area contributed by atoms with E-state index in [9.17, 15) is 4.39 Å². The van der Waals surface area contributed by atoms with Crippen molar-refractivity contribution in [2.24, 2.45) is 29.1 Å². The fourth-order valence-electron chi connectivity index (χ4n) is 7.73. The molecule has 0 aliphatic heterocycles. The van der Waals surface area contributed by atoms with E-state index in [0.717, 1.165) is 32.1 Å². The molecular weight excluding hydrogens is 511 g/mol. The summed E-state index contributed by atoms with van der Waals surface area (Å²) in [4.78, 5) is 0. The van der Waals surface area contributed by atoms with Crippen molar-refractivity contribution in [1.29, 1.82) is 0 Å². The van der Waals surface area contributed by atoms with Crippen LogP contribution in [-0.4, -0.2) is 0 Å². The molecule has 226 valence electrons. The van der Waals surface area contributed by atoms with Crippen molar-refractivity contribution >= 4 is 0 Å². The Morgan fingerprint density at radius 1 is 0.857 bits per heavy atom. The first kappa shape index (κ1) is 31.0. The van der Waals surface area contributed by atoms with Gasteiger partial charge in [-0.3, -0.25) is 0 Å². The lowest BCUT2D eigenvalue weighted by Crippen LogP contribution is -2.24. The molecule has 5 aliphatic rings. The van der Waals surface area contributed by atoms with Gasteiger partial charge in [0.2, 0.25) is 0 Å². The number of hydrogen-bond acceptors (Lipinski definition) is 0. The van der Waals surface area contributed by atoms with Crippen molar-refractivity contribution in [3.05, 3.63) is 106 Å². The molecule has 0 saturated carbocycles. The standard InChI is InChI=1S/C41H55F/c1-30(2)41(4,27-25-32-10-6-5-7-11-32)26-9-12-33-16-18-34(19-17-33)29-40-38(35-20-22-37(42)23-21-35)14-8-13-36-28-31(3)15-24-39(36)40/h6,10-11,14,16,18-20,22,24,28,30-31,33,40H,5,7-9,12-13,15,17,21,23,25-27,29H2,1-4H3/t31?,33?,40?,41-/m0/s1. The van der Waals surface area contributed by atoms with Crippen molar-refractivity contribution in [1.82, 2.24) is 0 Å². The molecule has 0 saturated heterocycles. The second-order valence-electron chi connectivity index (χ2n) is 14.4. The molecule has 42 heavy (non-hydrogen) atoms. The minimum atomic E-state index is 0.0206. The third kappa shape index (κ3) is 7.94. The van der Waals surface area contributed by atoms with Crippen molar-refractivity contribution in [3.63, 3.8) is 0 Å². The van der Waals surface area contributed by atoms with Crippen molar-refractivity contribution in [2.75, 3.05) is 0 Å². The van der Waals surface area contributed by atoms with Gasteiger partial charge >= 0.3 is 0 Å². The SMILES string of the molecule is CC1C=C2CCC=C(C3=CC=C(F)CC3)C(CC3=CCC(CCC[C@@](C)(CCC4=CCCC=C4)C(C)C)C=C3)C2=CC1. The minimum absolute atomic E-state index is 0.0206. The normalized spacial score (nSPS) is 27.5. The van der Waals surface area contributed by atoms with Crippen LogP contribution < -0.4 is 0 Å². The van der Waals surface area contributed by atoms with Crippen LogP contribution in [0.25, 0.3) is 0 Å². The number of rotatable bonds is 11. The summed E-state index contributed by atoms with van der Waals surface area (Å²) < 4.78 is 13.9. The van der Waals surface area contributed by atoms with E-state index in [2.05, 4.69) is 88.5 Å². The summed E-state index contributed by atoms with van der Waals surface area (Å²) >= 11 is 0. The smallest absolute Gasteiger partial charge is 0.100 e. The summed E-state index contributed by atoms with van der Waals surface area (Å²) in [6.45, 7) is 9.73. The molecule has 5 aliphatic carbocycles. The third-order valence-electron chi connectivity index (χ3n) is 11.0. The van der Waals surface area contributed by atoms with Crippen LogP contribution in [-0.2, 0) is 0 Å². The first-order valence-electron chi connectivity index (χ1n) is 17.2. The van der Waals surface area contributed by atoms with Crippen LogP contribution in [0.1, 0.15) is 118 Å². The Balaban J connectivity index is 1.20. The van der Waals surface area contributed by atoms with Crippen LogP contribution >= 0.6 is 0 Å². The predicted molar refractivity (Wildman–Crippen MR) is 180 cm³/mol. The molecule has 0 spiro atoms. The maximum Gasteiger partial charge on any atom is 0.100 e. The first-order valence-corrected chi connectivity index (χ1v) is 17.2. The zero-order chi connectivity index (χ0) is 29.5. The van der Waals surface area contributed by atoms with E-state index < -0.39 is 0 Å². The minimum Gasteiger partial charge on any atom is -0.212 e. The van der Waals surface area contributed by atoms with Gasteiger partial charge in [0.15, 0.2) is 0 Å². The zero-order valence-corrected chi connectivity index (χ0v) is 26.9. The quantitative estimate of drug-likeness (QED) is 0.233. The van der Waals surface area contributed by atoms with Gasteiger partial charge in [0, 0.05) is 12.3 Å². The highest BCUT2D eigenvalue weighted by molar-refractivity contribution is 5.51. The average molecular weight is 567 g/mol. The Morgan fingerprint density at radius 2 is 1.71 bits per heavy atom. The number of hydrogen-bond donors (Lipinski definition) is 0. The van der Waals surface area contributed by atoms with Gasteiger partial charge in [0.1, 0.15) is 5.83 Å². The summed E-state index contributed by atoms with van der Waals surface area (Å²) in [5.74, 6) is 2.42. The van der Waals surface area contributed by atoms with Gasteiger partial charge < -0.3 is 0 Å². The van der Waals surface area contributed by atoms with E-state index in [4.69, 9.17) is 0 Å². The maximum atomic E-state index is 13.9. The van der Waals surface area contributed by atoms with Crippen LogP contribution in [0.3, 0.4) is 0 Å². The number of fused-ring (bicyclic) bond motifs is 1. The lowest BCUT2D eigenvalue weighted by molar-refractivity contribution is 0.173. The number of allylic oxidation sites excluding steroid dienone is 18. The largest absolute Gasteiger partial charge is 0.212 e. The topological polar surface area (TPSA) is 0 Å². The van der Waals surface area contributed by atoms with E-state index >= 15 is 0 Å². The number of halogens is 1. The molecule has 5 rings (SSSR count). The Kier molecular flexibility index (Phi) is 10.6. The van der Waals surface area contributed by atoms with E-state index in [1.165, 1.54) is 68.1 Å². The molecule has 0 aromatic rings. The van der Waals surface area contributed by atoms with Crippen molar-refractivity contribution in [3.8, 4) is 0 Å². The molecular formula is C41H55F. The fraction of sp³-hybridized carbons (Fsp3) is 0.561. The van der Waals surface area contributed by atoms with E-state index in [1.807, 2.05) is 0 Å². The monoisotopic (exact) mass is 566 g/mol. The molecule has 4 atom stereocenters. The Morgan fingerprint density at radius 3 is 2.43 bits per heavy atom. The van der Waals surface area contributed by atoms with Gasteiger partial charge in [0.05, 0.1) is 0 Å². The van der Waals surface area contributed by atoms with Crippen molar-refractivity contribution in [2.45, 2.75) is 118 Å². The Labute approximate surface area is 256 Å². The highest BCUT2D eigenvalue weighted by atomic mass is 19.1. The van der Waals surface area contributed by atoms with Crippen LogP contribution in [0.2, 0.25) is 0 Å². The molecule has 3 unspecified atom stereocenters. The highest BCUT2D eigenvalue weighted by Gasteiger charge is 2.30. The van der Waals surface area contributed by atoms with Gasteiger partial charge in [-0.15, -0.1) is 0 Å². The molecule has 0 aromatic carbocycles. The fourth-order valence-corrected chi connectivity index (χ4v) is 7.73. The first-order chi connectivity index (χ1) is 20.3. The van der Waals surface area contributed by atoms with Gasteiger partial charge in [0.25, 0.3) is 0 Å². The van der Waals surface area contributed by atoms with E-state index in [1.54, 1.807) is 22.8 Å². The van der Waals surface area contributed by atoms with Crippen LogP contribution in [0, 0.1) is 29.1 Å². The Bertz CT molecular complexity index is 1250. The zero-order valence-electron chi connectivity index (χ0n) is 26.9. The second kappa shape index (κ2) is 14.4. The summed E-state index contributed by atoms with van der Waals surface area (Å²) in [5.41, 5.74) is 9.38. The lowest BCUT2D eigenvalue weighted by atomic mass is 9.70. The lowest BCUT2D eigenvalue weighted by Gasteiger charge is -2.35. The van der Waals surface area contributed by atoms with Gasteiger partial charge in [-0.25, -0.2) is 4.39 Å². The summed E-state index contributed by atoms with van der Waals surface area (Å²) in [5, 5.41) is 0. The molecule has 0 nitrogen and oxygen atoms in total. The molecule has 0 fully saturated rings. The molecule has 0 aromatic heterocycles. The molecule has 1 heteroatoms. The molecule has 0 N–H and O–H groups in total. The summed E-state index contributed by atoms with van der Waals surface area (Å²) in [7, 11) is 0. The third-order valence-corrected chi connectivity index (χ3v) is 11.0. The van der Waals surface area contributed by atoms with E-state index in [-0.39, 0.29) is 5.83 Å². The molecule has 0 bridgehead atoms. The highest BCUT2D eigenvalue weighted by Crippen LogP contribution is 2.45. The molecule has 0 amide bonds. The maximum absolute atomic E-state index is 13.9. The Hall–Kier alpha value is -2.41. The summed E-state index contributed by atoms with van der Waals surface area (Å²) in [6.07, 6.45) is 41.8. The molecule has 0 radical (unpaired) electrons. The van der Waals surface area contributed by atoms with Crippen LogP contribution in [0.4, 0.5) is 4.39 Å². The summed E-state index contributed by atoms with van der Waals surface area (Å²) in [6, 6.07) is 0.